The molecule has 1 radical (unpaired) electrons. The van der Waals surface area contributed by atoms with Gasteiger partial charge in [0.2, 0.25) is 0 Å². The Labute approximate surface area is 69.0 Å². The molecule has 1 unspecified atom stereocenters. The Bertz CT molecular complexity index is 103. The van der Waals surface area contributed by atoms with Crippen molar-refractivity contribution in [1.82, 2.24) is 0 Å². The molecule has 0 spiro atoms. The van der Waals surface area contributed by atoms with Crippen LogP contribution in [0.4, 0.5) is 0 Å². The molecule has 1 heteroatoms. The van der Waals surface area contributed by atoms with Gasteiger partial charge in [-0.05, 0) is 24.7 Å². The molecule has 0 bridgehead atoms. The summed E-state index contributed by atoms with van der Waals surface area (Å²) in [4.78, 5) is 0. The predicted octanol–water partition coefficient (Wildman–Crippen LogP) is 3.08. The van der Waals surface area contributed by atoms with Crippen LogP contribution < -0.4 is 0 Å². The first-order chi connectivity index (χ1) is 4.84. The van der Waals surface area contributed by atoms with Crippen LogP contribution in [0.2, 0.25) is 0 Å². The second-order valence-corrected chi connectivity index (χ2v) is 3.54. The molecule has 57 valence electrons. The maximum absolute atomic E-state index is 4.81. The van der Waals surface area contributed by atoms with Gasteiger partial charge in [0.15, 0.2) is 0 Å². The Kier molecular flexibility index (Phi) is 3.33. The number of thiocarbonyl (C=S) groups is 1. The summed E-state index contributed by atoms with van der Waals surface area (Å²) in [5, 5.41) is 2.92. The fourth-order valence-electron chi connectivity index (χ4n) is 1.73. The second kappa shape index (κ2) is 4.07. The van der Waals surface area contributed by atoms with E-state index in [4.69, 9.17) is 12.2 Å². The highest BCUT2D eigenvalue weighted by Gasteiger charge is 2.17. The number of hydrogen-bond donors (Lipinski definition) is 0. The smallest absolute Gasteiger partial charge is 0.0325 e. The van der Waals surface area contributed by atoms with E-state index in [-0.39, 0.29) is 0 Å². The van der Waals surface area contributed by atoms with Crippen molar-refractivity contribution < 1.29 is 0 Å². The van der Waals surface area contributed by atoms with Crippen molar-refractivity contribution >= 4 is 17.6 Å². The SMILES string of the molecule is CC([C]=S)C1CCCCC1. The summed E-state index contributed by atoms with van der Waals surface area (Å²) in [7, 11) is 0. The van der Waals surface area contributed by atoms with Crippen LogP contribution in [0.1, 0.15) is 39.0 Å². The largest absolute Gasteiger partial charge is 0.0834 e. The molecule has 0 nitrogen and oxygen atoms in total. The van der Waals surface area contributed by atoms with E-state index in [1.807, 2.05) is 0 Å². The van der Waals surface area contributed by atoms with E-state index in [9.17, 15) is 0 Å². The van der Waals surface area contributed by atoms with E-state index < -0.39 is 0 Å². The third-order valence-corrected chi connectivity index (χ3v) is 2.91. The minimum atomic E-state index is 0.551. The molecule has 0 heterocycles. The molecule has 1 rings (SSSR count). The van der Waals surface area contributed by atoms with Crippen LogP contribution in [-0.4, -0.2) is 5.37 Å². The Morgan fingerprint density at radius 2 is 1.90 bits per heavy atom. The third kappa shape index (κ3) is 2.05. The van der Waals surface area contributed by atoms with E-state index >= 15 is 0 Å². The van der Waals surface area contributed by atoms with Crippen molar-refractivity contribution in [1.29, 1.82) is 0 Å². The van der Waals surface area contributed by atoms with E-state index in [1.165, 1.54) is 32.1 Å². The molecule has 1 atom stereocenters. The van der Waals surface area contributed by atoms with Gasteiger partial charge in [-0.25, -0.2) is 0 Å². The zero-order valence-corrected chi connectivity index (χ0v) is 7.41. The van der Waals surface area contributed by atoms with Crippen molar-refractivity contribution in [2.45, 2.75) is 39.0 Å². The van der Waals surface area contributed by atoms with Crippen LogP contribution in [0, 0.1) is 11.8 Å². The van der Waals surface area contributed by atoms with Gasteiger partial charge in [0.1, 0.15) is 0 Å². The molecular weight excluding hydrogens is 140 g/mol. The maximum atomic E-state index is 4.81. The van der Waals surface area contributed by atoms with Crippen LogP contribution in [-0.2, 0) is 0 Å². The Balaban J connectivity index is 2.30. The molecule has 0 amide bonds. The minimum Gasteiger partial charge on any atom is -0.0834 e. The van der Waals surface area contributed by atoms with Gasteiger partial charge in [-0.15, -0.1) is 0 Å². The van der Waals surface area contributed by atoms with Crippen molar-refractivity contribution in [2.75, 3.05) is 0 Å². The maximum Gasteiger partial charge on any atom is 0.0325 e. The molecular formula is C9H15S. The van der Waals surface area contributed by atoms with E-state index in [0.717, 1.165) is 5.92 Å². The highest BCUT2D eigenvalue weighted by Crippen LogP contribution is 2.28. The topological polar surface area (TPSA) is 0 Å². The lowest BCUT2D eigenvalue weighted by Crippen LogP contribution is -2.15. The summed E-state index contributed by atoms with van der Waals surface area (Å²) in [6.45, 7) is 2.20. The first kappa shape index (κ1) is 8.19. The molecule has 0 aromatic heterocycles. The zero-order chi connectivity index (χ0) is 7.40. The van der Waals surface area contributed by atoms with Gasteiger partial charge in [0.25, 0.3) is 0 Å². The second-order valence-electron chi connectivity index (χ2n) is 3.30. The summed E-state index contributed by atoms with van der Waals surface area (Å²) < 4.78 is 0. The lowest BCUT2D eigenvalue weighted by atomic mass is 9.82. The van der Waals surface area contributed by atoms with E-state index in [1.54, 1.807) is 0 Å². The fraction of sp³-hybridized carbons (Fsp3) is 0.889. The number of hydrogen-bond acceptors (Lipinski definition) is 1. The highest BCUT2D eigenvalue weighted by atomic mass is 32.1. The lowest BCUT2D eigenvalue weighted by Gasteiger charge is -2.24. The summed E-state index contributed by atoms with van der Waals surface area (Å²) in [6.07, 6.45) is 7.01. The number of rotatable bonds is 2. The molecule has 0 N–H and O–H groups in total. The van der Waals surface area contributed by atoms with Crippen molar-refractivity contribution in [3.05, 3.63) is 0 Å². The van der Waals surface area contributed by atoms with E-state index in [0.29, 0.717) is 5.92 Å². The van der Waals surface area contributed by atoms with Gasteiger partial charge in [-0.3, -0.25) is 0 Å². The average molecular weight is 155 g/mol. The summed E-state index contributed by atoms with van der Waals surface area (Å²) in [6, 6.07) is 0. The van der Waals surface area contributed by atoms with Crippen LogP contribution in [0.25, 0.3) is 0 Å². The van der Waals surface area contributed by atoms with Crippen LogP contribution in [0.15, 0.2) is 0 Å². The van der Waals surface area contributed by atoms with Gasteiger partial charge in [-0.2, -0.15) is 0 Å². The first-order valence-corrected chi connectivity index (χ1v) is 4.63. The summed E-state index contributed by atoms with van der Waals surface area (Å²) in [5.74, 6) is 1.40. The van der Waals surface area contributed by atoms with Gasteiger partial charge in [-0.1, -0.05) is 38.4 Å². The molecule has 1 fully saturated rings. The lowest BCUT2D eigenvalue weighted by molar-refractivity contribution is 0.316. The molecule has 1 aliphatic carbocycles. The third-order valence-electron chi connectivity index (χ3n) is 2.54. The minimum absolute atomic E-state index is 0.551. The van der Waals surface area contributed by atoms with Gasteiger partial charge >= 0.3 is 0 Å². The van der Waals surface area contributed by atoms with Crippen LogP contribution in [0.5, 0.6) is 0 Å². The Hall–Kier alpha value is 0.0900. The van der Waals surface area contributed by atoms with Gasteiger partial charge in [0, 0.05) is 5.37 Å². The molecule has 0 aromatic carbocycles. The molecule has 0 aromatic rings. The van der Waals surface area contributed by atoms with E-state index in [2.05, 4.69) is 12.3 Å². The van der Waals surface area contributed by atoms with Crippen molar-refractivity contribution in [3.63, 3.8) is 0 Å². The van der Waals surface area contributed by atoms with Gasteiger partial charge < -0.3 is 0 Å². The highest BCUT2D eigenvalue weighted by molar-refractivity contribution is 7.79. The zero-order valence-electron chi connectivity index (χ0n) is 6.60. The summed E-state index contributed by atoms with van der Waals surface area (Å²) >= 11 is 4.81. The molecule has 10 heavy (non-hydrogen) atoms. The Morgan fingerprint density at radius 1 is 1.30 bits per heavy atom. The molecule has 1 aliphatic rings. The van der Waals surface area contributed by atoms with Crippen molar-refractivity contribution in [2.24, 2.45) is 11.8 Å². The predicted molar refractivity (Wildman–Crippen MR) is 48.3 cm³/mol. The fourth-order valence-corrected chi connectivity index (χ4v) is 1.92. The normalized spacial score (nSPS) is 24.1. The molecule has 1 saturated carbocycles. The Morgan fingerprint density at radius 3 is 2.40 bits per heavy atom. The molecule has 0 saturated heterocycles. The summed E-state index contributed by atoms with van der Waals surface area (Å²) in [5.41, 5.74) is 0. The first-order valence-electron chi connectivity index (χ1n) is 4.22. The van der Waals surface area contributed by atoms with Crippen molar-refractivity contribution in [3.8, 4) is 0 Å². The average Bonchev–Trinajstić information content (AvgIpc) is 2.05. The van der Waals surface area contributed by atoms with Crippen LogP contribution >= 0.6 is 12.2 Å². The standard InChI is InChI=1S/C9H15S/c1-8(7-10)9-5-3-2-4-6-9/h8-9H,2-6H2,1H3. The van der Waals surface area contributed by atoms with Gasteiger partial charge in [0.05, 0.1) is 0 Å². The molecule has 0 aliphatic heterocycles. The monoisotopic (exact) mass is 155 g/mol. The quantitative estimate of drug-likeness (QED) is 0.552. The van der Waals surface area contributed by atoms with Crippen LogP contribution in [0.3, 0.4) is 0 Å².